The molecule has 0 N–H and O–H groups in total. The van der Waals surface area contributed by atoms with Crippen LogP contribution in [0.4, 0.5) is 5.69 Å². The molecule has 4 rings (SSSR count). The Morgan fingerprint density at radius 3 is 2.72 bits per heavy atom. The fourth-order valence-corrected chi connectivity index (χ4v) is 2.95. The smallest absolute Gasteiger partial charge is 0.307 e. The van der Waals surface area contributed by atoms with Crippen molar-refractivity contribution in [1.29, 1.82) is 0 Å². The minimum absolute atomic E-state index is 0.0450. The predicted octanol–water partition coefficient (Wildman–Crippen LogP) is 4.22. The van der Waals surface area contributed by atoms with Crippen LogP contribution in [-0.4, -0.2) is 32.0 Å². The largest absolute Gasteiger partial charge is 0.496 e. The molecule has 0 saturated heterocycles. The fourth-order valence-electron chi connectivity index (χ4n) is 2.78. The Morgan fingerprint density at radius 2 is 2.03 bits per heavy atom. The Balaban J connectivity index is 1.54. The van der Waals surface area contributed by atoms with Gasteiger partial charge in [-0.15, -0.1) is 0 Å². The van der Waals surface area contributed by atoms with Gasteiger partial charge in [0.2, 0.25) is 5.82 Å². The second-order valence-corrected chi connectivity index (χ2v) is 6.55. The third kappa shape index (κ3) is 3.94. The van der Waals surface area contributed by atoms with Crippen LogP contribution in [0, 0.1) is 10.1 Å². The molecule has 2 aromatic carbocycles. The Hall–Kier alpha value is -3.72. The zero-order valence-corrected chi connectivity index (χ0v) is 15.9. The number of hydrogen-bond acceptors (Lipinski definition) is 7. The number of nitrogens with zero attached hydrogens (tertiary/aromatic N) is 5. The Bertz CT molecular complexity index is 1170. The molecule has 0 aliphatic heterocycles. The van der Waals surface area contributed by atoms with Crippen molar-refractivity contribution in [2.45, 2.75) is 6.54 Å². The van der Waals surface area contributed by atoms with Gasteiger partial charge in [-0.1, -0.05) is 28.9 Å². The number of benzene rings is 2. The number of methoxy groups -OCH3 is 1. The number of aromatic nitrogens is 4. The highest BCUT2D eigenvalue weighted by Gasteiger charge is 2.15. The van der Waals surface area contributed by atoms with Gasteiger partial charge in [-0.3, -0.25) is 14.8 Å². The Morgan fingerprint density at radius 1 is 1.24 bits per heavy atom. The van der Waals surface area contributed by atoms with Gasteiger partial charge >= 0.3 is 5.69 Å². The molecule has 146 valence electrons. The van der Waals surface area contributed by atoms with E-state index in [1.807, 2.05) is 24.3 Å². The molecule has 0 aliphatic carbocycles. The second-order valence-electron chi connectivity index (χ2n) is 6.12. The maximum atomic E-state index is 10.7. The molecule has 0 fully saturated rings. The Kier molecular flexibility index (Phi) is 4.96. The van der Waals surface area contributed by atoms with Crippen molar-refractivity contribution in [1.82, 2.24) is 19.9 Å². The molecule has 0 spiro atoms. The first-order chi connectivity index (χ1) is 14.0. The van der Waals surface area contributed by atoms with Crippen molar-refractivity contribution < 1.29 is 14.2 Å². The summed E-state index contributed by atoms with van der Waals surface area (Å²) < 4.78 is 12.2. The van der Waals surface area contributed by atoms with Gasteiger partial charge < -0.3 is 9.26 Å². The predicted molar refractivity (Wildman–Crippen MR) is 105 cm³/mol. The third-order valence-corrected chi connectivity index (χ3v) is 4.44. The van der Waals surface area contributed by atoms with Crippen LogP contribution in [0.25, 0.3) is 22.8 Å². The normalized spacial score (nSPS) is 10.8. The molecule has 0 unspecified atom stereocenters. The van der Waals surface area contributed by atoms with E-state index in [1.165, 1.54) is 17.1 Å². The summed E-state index contributed by atoms with van der Waals surface area (Å²) in [4.78, 5) is 14.7. The maximum Gasteiger partial charge on any atom is 0.307 e. The molecule has 0 aliphatic rings. The standard InChI is InChI=1S/C19H14ClN5O4/c1-28-17-7-6-14(20)8-16(17)18-22-19(29-23-18)13-4-2-12(3-5-13)10-24-11-15(9-21-24)25(26)27/h2-9,11H,10H2,1H3. The lowest BCUT2D eigenvalue weighted by atomic mass is 10.1. The molecular formula is C19H14ClN5O4. The summed E-state index contributed by atoms with van der Waals surface area (Å²) in [5.74, 6) is 1.31. The number of ether oxygens (including phenoxy) is 1. The summed E-state index contributed by atoms with van der Waals surface area (Å²) in [5.41, 5.74) is 2.24. The zero-order valence-electron chi connectivity index (χ0n) is 15.2. The summed E-state index contributed by atoms with van der Waals surface area (Å²) in [6.45, 7) is 0.406. The van der Waals surface area contributed by atoms with Crippen molar-refractivity contribution in [3.8, 4) is 28.6 Å². The maximum absolute atomic E-state index is 10.7. The van der Waals surface area contributed by atoms with Gasteiger partial charge in [0.15, 0.2) is 0 Å². The van der Waals surface area contributed by atoms with Crippen LogP contribution in [-0.2, 0) is 6.54 Å². The lowest BCUT2D eigenvalue weighted by Crippen LogP contribution is -1.99. The van der Waals surface area contributed by atoms with Crippen molar-refractivity contribution in [2.24, 2.45) is 0 Å². The first kappa shape index (κ1) is 18.6. The molecule has 9 nitrogen and oxygen atoms in total. The van der Waals surface area contributed by atoms with E-state index in [4.69, 9.17) is 20.9 Å². The van der Waals surface area contributed by atoms with Crippen LogP contribution < -0.4 is 4.74 Å². The van der Waals surface area contributed by atoms with E-state index >= 15 is 0 Å². The van der Waals surface area contributed by atoms with Gasteiger partial charge in [-0.2, -0.15) is 10.1 Å². The van der Waals surface area contributed by atoms with Gasteiger partial charge in [0.25, 0.3) is 5.89 Å². The highest BCUT2D eigenvalue weighted by atomic mass is 35.5. The lowest BCUT2D eigenvalue weighted by Gasteiger charge is -2.04. The summed E-state index contributed by atoms with van der Waals surface area (Å²) in [6.07, 6.45) is 2.61. The summed E-state index contributed by atoms with van der Waals surface area (Å²) in [7, 11) is 1.56. The van der Waals surface area contributed by atoms with Crippen LogP contribution >= 0.6 is 11.6 Å². The van der Waals surface area contributed by atoms with E-state index in [2.05, 4.69) is 15.2 Å². The summed E-state index contributed by atoms with van der Waals surface area (Å²) in [5, 5.41) is 19.3. The molecule has 10 heteroatoms. The average molecular weight is 412 g/mol. The van der Waals surface area contributed by atoms with E-state index in [0.717, 1.165) is 11.1 Å². The molecule has 0 saturated carbocycles. The zero-order chi connectivity index (χ0) is 20.4. The van der Waals surface area contributed by atoms with Crippen LogP contribution in [0.1, 0.15) is 5.56 Å². The summed E-state index contributed by atoms with van der Waals surface area (Å²) >= 11 is 6.06. The molecule has 0 amide bonds. The molecule has 2 heterocycles. The third-order valence-electron chi connectivity index (χ3n) is 4.20. The number of nitro groups is 1. The van der Waals surface area contributed by atoms with E-state index in [-0.39, 0.29) is 5.69 Å². The molecule has 0 bridgehead atoms. The van der Waals surface area contributed by atoms with Crippen LogP contribution in [0.5, 0.6) is 5.75 Å². The average Bonchev–Trinajstić information content (AvgIpc) is 3.38. The van der Waals surface area contributed by atoms with Crippen LogP contribution in [0.15, 0.2) is 59.4 Å². The van der Waals surface area contributed by atoms with Gasteiger partial charge in [0.05, 0.1) is 24.1 Å². The molecule has 0 radical (unpaired) electrons. The van der Waals surface area contributed by atoms with Gasteiger partial charge in [0, 0.05) is 10.6 Å². The van der Waals surface area contributed by atoms with Crippen LogP contribution in [0.3, 0.4) is 0 Å². The van der Waals surface area contributed by atoms with E-state index in [1.54, 1.807) is 25.3 Å². The van der Waals surface area contributed by atoms with E-state index < -0.39 is 4.92 Å². The number of halogens is 1. The molecular weight excluding hydrogens is 398 g/mol. The number of rotatable bonds is 6. The molecule has 29 heavy (non-hydrogen) atoms. The SMILES string of the molecule is COc1ccc(Cl)cc1-c1noc(-c2ccc(Cn3cc([N+](=O)[O-])cn3)cc2)n1. The fraction of sp³-hybridized carbons (Fsp3) is 0.105. The molecule has 0 atom stereocenters. The first-order valence-electron chi connectivity index (χ1n) is 8.47. The monoisotopic (exact) mass is 411 g/mol. The molecule has 2 aromatic heterocycles. The highest BCUT2D eigenvalue weighted by molar-refractivity contribution is 6.30. The topological polar surface area (TPSA) is 109 Å². The van der Waals surface area contributed by atoms with Gasteiger partial charge in [-0.05, 0) is 35.9 Å². The minimum Gasteiger partial charge on any atom is -0.496 e. The Labute approximate surface area is 169 Å². The van der Waals surface area contributed by atoms with Crippen molar-refractivity contribution in [3.63, 3.8) is 0 Å². The number of hydrogen-bond donors (Lipinski definition) is 0. The van der Waals surface area contributed by atoms with Gasteiger partial charge in [0.1, 0.15) is 18.1 Å². The van der Waals surface area contributed by atoms with Crippen molar-refractivity contribution in [3.05, 3.63) is 75.6 Å². The van der Waals surface area contributed by atoms with E-state index in [0.29, 0.717) is 34.6 Å². The lowest BCUT2D eigenvalue weighted by molar-refractivity contribution is -0.385. The van der Waals surface area contributed by atoms with Crippen molar-refractivity contribution >= 4 is 17.3 Å². The van der Waals surface area contributed by atoms with Gasteiger partial charge in [-0.25, -0.2) is 0 Å². The second kappa shape index (κ2) is 7.72. The summed E-state index contributed by atoms with van der Waals surface area (Å²) in [6, 6.07) is 12.6. The van der Waals surface area contributed by atoms with E-state index in [9.17, 15) is 10.1 Å². The molecule has 4 aromatic rings. The quantitative estimate of drug-likeness (QED) is 0.345. The van der Waals surface area contributed by atoms with Crippen LogP contribution in [0.2, 0.25) is 5.02 Å². The van der Waals surface area contributed by atoms with Crippen molar-refractivity contribution in [2.75, 3.05) is 7.11 Å². The highest BCUT2D eigenvalue weighted by Crippen LogP contribution is 2.32. The minimum atomic E-state index is -0.478. The first-order valence-corrected chi connectivity index (χ1v) is 8.85.